The topological polar surface area (TPSA) is 79.8 Å². The molecule has 1 amide bonds. The molecule has 0 spiro atoms. The zero-order valence-electron chi connectivity index (χ0n) is 14.2. The summed E-state index contributed by atoms with van der Waals surface area (Å²) in [6, 6.07) is 3.59. The Labute approximate surface area is 137 Å². The summed E-state index contributed by atoms with van der Waals surface area (Å²) in [5.41, 5.74) is 0.718. The van der Waals surface area contributed by atoms with Crippen molar-refractivity contribution in [3.05, 3.63) is 17.7 Å². The molecule has 6 nitrogen and oxygen atoms in total. The number of anilines is 1. The number of methoxy groups -OCH3 is 1. The van der Waals surface area contributed by atoms with E-state index in [1.807, 2.05) is 6.07 Å². The van der Waals surface area contributed by atoms with Crippen molar-refractivity contribution in [2.45, 2.75) is 39.2 Å². The highest BCUT2D eigenvalue weighted by Gasteiger charge is 2.21. The average molecular weight is 322 g/mol. The molecule has 1 aliphatic heterocycles. The average Bonchev–Trinajstić information content (AvgIpc) is 2.93. The molecule has 0 radical (unpaired) electrons. The number of phenols is 1. The van der Waals surface area contributed by atoms with Gasteiger partial charge in [0.2, 0.25) is 0 Å². The summed E-state index contributed by atoms with van der Waals surface area (Å²) in [4.78, 5) is 11.9. The maximum absolute atomic E-state index is 11.9. The third kappa shape index (κ3) is 5.03. The second kappa shape index (κ2) is 7.08. The first-order chi connectivity index (χ1) is 10.8. The number of amides is 1. The molecular weight excluding hydrogens is 296 g/mol. The minimum atomic E-state index is -0.602. The molecule has 128 valence electrons. The summed E-state index contributed by atoms with van der Waals surface area (Å²) in [6.07, 6.45) is 1.39. The van der Waals surface area contributed by atoms with Gasteiger partial charge in [-0.1, -0.05) is 0 Å². The lowest BCUT2D eigenvalue weighted by atomic mass is 9.98. The predicted octanol–water partition coefficient (Wildman–Crippen LogP) is 2.90. The van der Waals surface area contributed by atoms with Crippen molar-refractivity contribution in [1.29, 1.82) is 0 Å². The number of carbonyl (C=O) groups excluding carboxylic acids is 1. The van der Waals surface area contributed by atoms with E-state index in [9.17, 15) is 9.90 Å². The van der Waals surface area contributed by atoms with E-state index in [0.717, 1.165) is 31.5 Å². The van der Waals surface area contributed by atoms with Crippen molar-refractivity contribution in [2.24, 2.45) is 5.92 Å². The fourth-order valence-corrected chi connectivity index (χ4v) is 2.67. The predicted molar refractivity (Wildman–Crippen MR) is 89.2 cm³/mol. The fourth-order valence-electron chi connectivity index (χ4n) is 2.67. The van der Waals surface area contributed by atoms with Crippen LogP contribution >= 0.6 is 0 Å². The zero-order valence-corrected chi connectivity index (χ0v) is 14.2. The van der Waals surface area contributed by atoms with Gasteiger partial charge in [0.15, 0.2) is 11.5 Å². The van der Waals surface area contributed by atoms with Gasteiger partial charge in [-0.25, -0.2) is 4.79 Å². The fraction of sp³-hybridized carbons (Fsp3) is 0.588. The molecule has 0 bridgehead atoms. The van der Waals surface area contributed by atoms with E-state index in [0.29, 0.717) is 17.4 Å². The van der Waals surface area contributed by atoms with Gasteiger partial charge in [-0.15, -0.1) is 0 Å². The van der Waals surface area contributed by atoms with Crippen LogP contribution in [0, 0.1) is 5.92 Å². The van der Waals surface area contributed by atoms with Crippen molar-refractivity contribution in [3.8, 4) is 11.5 Å². The molecule has 0 aromatic heterocycles. The first-order valence-corrected chi connectivity index (χ1v) is 7.89. The summed E-state index contributed by atoms with van der Waals surface area (Å²) in [6.45, 7) is 7.38. The molecule has 23 heavy (non-hydrogen) atoms. The van der Waals surface area contributed by atoms with E-state index in [4.69, 9.17) is 9.47 Å². The smallest absolute Gasteiger partial charge is 0.412 e. The standard InChI is InChI=1S/C17H26N2O4/c1-17(2,3)23-16(21)19-13-8-12(7-11-5-6-18-10-11)9-14(22-4)15(13)20/h8-9,11,18,20H,5-7,10H2,1-4H3,(H,19,21). The number of carbonyl (C=O) groups is 1. The molecule has 0 aliphatic carbocycles. The lowest BCUT2D eigenvalue weighted by Crippen LogP contribution is -2.27. The van der Waals surface area contributed by atoms with Crippen LogP contribution in [0.2, 0.25) is 0 Å². The van der Waals surface area contributed by atoms with Gasteiger partial charge in [0.05, 0.1) is 12.8 Å². The van der Waals surface area contributed by atoms with Crippen LogP contribution in [0.1, 0.15) is 32.8 Å². The maximum atomic E-state index is 11.9. The van der Waals surface area contributed by atoms with Gasteiger partial charge in [-0.3, -0.25) is 5.32 Å². The number of phenolic OH excluding ortho intramolecular Hbond substituents is 1. The summed E-state index contributed by atoms with van der Waals surface area (Å²) in [5.74, 6) is 0.810. The molecule has 1 atom stereocenters. The Morgan fingerprint density at radius 2 is 2.17 bits per heavy atom. The van der Waals surface area contributed by atoms with Crippen molar-refractivity contribution in [3.63, 3.8) is 0 Å². The van der Waals surface area contributed by atoms with Gasteiger partial charge >= 0.3 is 6.09 Å². The highest BCUT2D eigenvalue weighted by molar-refractivity contribution is 5.88. The normalized spacial score (nSPS) is 17.8. The SMILES string of the molecule is COc1cc(CC2CCNC2)cc(NC(=O)OC(C)(C)C)c1O. The molecule has 1 aliphatic rings. The van der Waals surface area contributed by atoms with E-state index in [2.05, 4.69) is 10.6 Å². The molecule has 1 saturated heterocycles. The molecule has 1 fully saturated rings. The van der Waals surface area contributed by atoms with E-state index in [1.54, 1.807) is 26.8 Å². The third-order valence-corrected chi connectivity index (χ3v) is 3.68. The summed E-state index contributed by atoms with van der Waals surface area (Å²) < 4.78 is 10.4. The lowest BCUT2D eigenvalue weighted by molar-refractivity contribution is 0.0635. The molecule has 6 heteroatoms. The molecular formula is C17H26N2O4. The van der Waals surface area contributed by atoms with Crippen LogP contribution in [-0.4, -0.2) is 37.0 Å². The Morgan fingerprint density at radius 1 is 1.43 bits per heavy atom. The molecule has 1 aromatic carbocycles. The number of benzene rings is 1. The van der Waals surface area contributed by atoms with Crippen molar-refractivity contribution in [1.82, 2.24) is 5.32 Å². The van der Waals surface area contributed by atoms with Crippen LogP contribution in [0.3, 0.4) is 0 Å². The van der Waals surface area contributed by atoms with Crippen molar-refractivity contribution in [2.75, 3.05) is 25.5 Å². The van der Waals surface area contributed by atoms with E-state index < -0.39 is 11.7 Å². The molecule has 1 heterocycles. The van der Waals surface area contributed by atoms with Crippen molar-refractivity contribution >= 4 is 11.8 Å². The highest BCUT2D eigenvalue weighted by atomic mass is 16.6. The first kappa shape index (κ1) is 17.4. The van der Waals surface area contributed by atoms with E-state index in [1.165, 1.54) is 7.11 Å². The second-order valence-electron chi connectivity index (χ2n) is 6.88. The van der Waals surface area contributed by atoms with Crippen LogP contribution in [0.25, 0.3) is 0 Å². The number of hydrogen-bond donors (Lipinski definition) is 3. The van der Waals surface area contributed by atoms with Gasteiger partial charge in [0.25, 0.3) is 0 Å². The molecule has 2 rings (SSSR count). The molecule has 1 aromatic rings. The van der Waals surface area contributed by atoms with E-state index in [-0.39, 0.29) is 5.75 Å². The number of aromatic hydroxyl groups is 1. The van der Waals surface area contributed by atoms with Crippen LogP contribution in [0.15, 0.2) is 12.1 Å². The Kier molecular flexibility index (Phi) is 5.36. The third-order valence-electron chi connectivity index (χ3n) is 3.68. The van der Waals surface area contributed by atoms with Crippen molar-refractivity contribution < 1.29 is 19.4 Å². The Balaban J connectivity index is 2.17. The monoisotopic (exact) mass is 322 g/mol. The van der Waals surface area contributed by atoms with Gasteiger partial charge in [-0.05, 0) is 70.3 Å². The van der Waals surface area contributed by atoms with Crippen LogP contribution < -0.4 is 15.4 Å². The first-order valence-electron chi connectivity index (χ1n) is 7.89. The quantitative estimate of drug-likeness (QED) is 0.743. The molecule has 3 N–H and O–H groups in total. The Bertz CT molecular complexity index is 560. The van der Waals surface area contributed by atoms with Gasteiger partial charge in [0, 0.05) is 0 Å². The minimum absolute atomic E-state index is 0.0911. The lowest BCUT2D eigenvalue weighted by Gasteiger charge is -2.20. The minimum Gasteiger partial charge on any atom is -0.503 e. The largest absolute Gasteiger partial charge is 0.503 e. The van der Waals surface area contributed by atoms with Gasteiger partial charge in [0.1, 0.15) is 5.60 Å². The number of hydrogen-bond acceptors (Lipinski definition) is 5. The van der Waals surface area contributed by atoms with Crippen LogP contribution in [0.5, 0.6) is 11.5 Å². The summed E-state index contributed by atoms with van der Waals surface area (Å²) in [7, 11) is 1.49. The van der Waals surface area contributed by atoms with Gasteiger partial charge < -0.3 is 19.9 Å². The maximum Gasteiger partial charge on any atom is 0.412 e. The number of nitrogens with one attached hydrogen (secondary N) is 2. The molecule has 0 saturated carbocycles. The summed E-state index contributed by atoms with van der Waals surface area (Å²) in [5, 5.41) is 16.1. The Hall–Kier alpha value is -1.95. The van der Waals surface area contributed by atoms with E-state index >= 15 is 0 Å². The van der Waals surface area contributed by atoms with Crippen LogP contribution in [-0.2, 0) is 11.2 Å². The number of rotatable bonds is 4. The Morgan fingerprint density at radius 3 is 2.74 bits per heavy atom. The highest BCUT2D eigenvalue weighted by Crippen LogP contribution is 2.36. The zero-order chi connectivity index (χ0) is 17.0. The molecule has 1 unspecified atom stereocenters. The second-order valence-corrected chi connectivity index (χ2v) is 6.88. The summed E-state index contributed by atoms with van der Waals surface area (Å²) >= 11 is 0. The number of ether oxygens (including phenoxy) is 2. The van der Waals surface area contributed by atoms with Gasteiger partial charge in [-0.2, -0.15) is 0 Å². The van der Waals surface area contributed by atoms with Crippen LogP contribution in [0.4, 0.5) is 10.5 Å².